The number of anilines is 3. The predicted octanol–water partition coefficient (Wildman–Crippen LogP) is 4.92. The fourth-order valence-corrected chi connectivity index (χ4v) is 5.77. The molecule has 232 valence electrons. The first-order chi connectivity index (χ1) is 21.2. The number of amides is 4. The minimum atomic E-state index is -0.764. The van der Waals surface area contributed by atoms with Crippen LogP contribution in [0.4, 0.5) is 21.5 Å². The summed E-state index contributed by atoms with van der Waals surface area (Å²) in [4.78, 5) is 53.1. The number of hydrogen-bond donors (Lipinski definition) is 0. The second-order valence-electron chi connectivity index (χ2n) is 10.4. The lowest BCUT2D eigenvalue weighted by molar-refractivity contribution is -0.121. The summed E-state index contributed by atoms with van der Waals surface area (Å²) in [6.07, 6.45) is 9.76. The van der Waals surface area contributed by atoms with Crippen LogP contribution in [0, 0.1) is 18.2 Å². The van der Waals surface area contributed by atoms with Crippen molar-refractivity contribution in [2.24, 2.45) is 0 Å². The van der Waals surface area contributed by atoms with Gasteiger partial charge in [0.1, 0.15) is 18.4 Å². The second kappa shape index (κ2) is 14.5. The van der Waals surface area contributed by atoms with Crippen LogP contribution in [0.15, 0.2) is 41.5 Å². The molecule has 2 aromatic rings. The zero-order valence-electron chi connectivity index (χ0n) is 25.1. The fraction of sp³-hybridized carbons (Fsp3) is 0.394. The highest BCUT2D eigenvalue weighted by Crippen LogP contribution is 2.41. The number of para-hydroxylation sites is 1. The fourth-order valence-electron chi connectivity index (χ4n) is 5.63. The van der Waals surface area contributed by atoms with E-state index in [-0.39, 0.29) is 54.7 Å². The van der Waals surface area contributed by atoms with Crippen molar-refractivity contribution in [3.05, 3.63) is 58.4 Å². The van der Waals surface area contributed by atoms with Crippen molar-refractivity contribution in [1.29, 1.82) is 0 Å². The highest BCUT2D eigenvalue weighted by Gasteiger charge is 2.41. The van der Waals surface area contributed by atoms with Crippen molar-refractivity contribution >= 4 is 52.3 Å². The Bertz CT molecular complexity index is 1500. The van der Waals surface area contributed by atoms with Crippen molar-refractivity contribution in [2.75, 3.05) is 47.6 Å². The van der Waals surface area contributed by atoms with Gasteiger partial charge in [0.25, 0.3) is 17.7 Å². The predicted molar refractivity (Wildman–Crippen MR) is 166 cm³/mol. The number of alkyl halides is 1. The molecule has 44 heavy (non-hydrogen) atoms. The summed E-state index contributed by atoms with van der Waals surface area (Å²) in [5, 5.41) is 0. The van der Waals surface area contributed by atoms with Gasteiger partial charge in [-0.25, -0.2) is 9.29 Å². The summed E-state index contributed by atoms with van der Waals surface area (Å²) in [6, 6.07) is 8.47. The third-order valence-electron chi connectivity index (χ3n) is 7.76. The quantitative estimate of drug-likeness (QED) is 0.179. The SMILES string of the molecule is C#CCN1C(=O)COc2cc(F)c(N3C(=O)C4=C(CCCC4)C3=O)cc21.CCc1cccc(CC)c1N(COC)C(=O)CCl. The van der Waals surface area contributed by atoms with Crippen molar-refractivity contribution in [1.82, 2.24) is 0 Å². The van der Waals surface area contributed by atoms with Crippen LogP contribution in [0.3, 0.4) is 0 Å². The number of nitrogens with zero attached hydrogens (tertiary/aromatic N) is 3. The third kappa shape index (κ3) is 6.35. The van der Waals surface area contributed by atoms with E-state index in [2.05, 4.69) is 19.8 Å². The summed E-state index contributed by atoms with van der Waals surface area (Å²) >= 11 is 5.68. The molecule has 11 heteroatoms. The third-order valence-corrected chi connectivity index (χ3v) is 7.99. The van der Waals surface area contributed by atoms with Gasteiger partial charge in [-0.15, -0.1) is 18.0 Å². The molecule has 0 unspecified atom stereocenters. The van der Waals surface area contributed by atoms with Gasteiger partial charge in [0.2, 0.25) is 5.91 Å². The molecule has 0 bridgehead atoms. The van der Waals surface area contributed by atoms with Crippen LogP contribution in [0.2, 0.25) is 0 Å². The van der Waals surface area contributed by atoms with Crippen LogP contribution in [0.5, 0.6) is 5.75 Å². The summed E-state index contributed by atoms with van der Waals surface area (Å²) in [6.45, 7) is 4.13. The summed E-state index contributed by atoms with van der Waals surface area (Å²) in [5.74, 6) is 0.238. The van der Waals surface area contributed by atoms with Crippen LogP contribution >= 0.6 is 11.6 Å². The van der Waals surface area contributed by atoms with Crippen LogP contribution in [0.25, 0.3) is 0 Å². The molecule has 0 atom stereocenters. The first kappa shape index (κ1) is 32.7. The van der Waals surface area contributed by atoms with E-state index in [1.54, 1.807) is 12.0 Å². The minimum absolute atomic E-state index is 0.0170. The number of carbonyl (C=O) groups excluding carboxylic acids is 4. The Hall–Kier alpha value is -4.20. The number of halogens is 2. The van der Waals surface area contributed by atoms with Gasteiger partial charge in [0.15, 0.2) is 12.4 Å². The molecule has 2 heterocycles. The summed E-state index contributed by atoms with van der Waals surface area (Å²) in [7, 11) is 1.58. The average molecular weight is 624 g/mol. The number of methoxy groups -OCH3 is 1. The van der Waals surface area contributed by atoms with Gasteiger partial charge in [-0.1, -0.05) is 38.0 Å². The topological polar surface area (TPSA) is 96.5 Å². The number of hydrogen-bond acceptors (Lipinski definition) is 6. The number of fused-ring (bicyclic) bond motifs is 1. The number of terminal acetylenes is 1. The molecule has 5 rings (SSSR count). The van der Waals surface area contributed by atoms with Gasteiger partial charge in [0, 0.05) is 24.3 Å². The molecule has 2 aromatic carbocycles. The van der Waals surface area contributed by atoms with E-state index in [4.69, 9.17) is 27.5 Å². The molecule has 9 nitrogen and oxygen atoms in total. The molecule has 2 aliphatic heterocycles. The maximum absolute atomic E-state index is 14.7. The highest BCUT2D eigenvalue weighted by atomic mass is 35.5. The first-order valence-electron chi connectivity index (χ1n) is 14.5. The number of benzene rings is 2. The van der Waals surface area contributed by atoms with Crippen LogP contribution in [0.1, 0.15) is 50.7 Å². The maximum Gasteiger partial charge on any atom is 0.265 e. The number of rotatable bonds is 8. The van der Waals surface area contributed by atoms with E-state index < -0.39 is 17.6 Å². The van der Waals surface area contributed by atoms with E-state index in [9.17, 15) is 23.6 Å². The average Bonchev–Trinajstić information content (AvgIpc) is 3.29. The van der Waals surface area contributed by atoms with Crippen molar-refractivity contribution < 1.29 is 33.0 Å². The molecule has 0 aromatic heterocycles. The molecule has 0 radical (unpaired) electrons. The Kier molecular flexibility index (Phi) is 10.8. The minimum Gasteiger partial charge on any atom is -0.481 e. The lowest BCUT2D eigenvalue weighted by Crippen LogP contribution is -2.39. The largest absolute Gasteiger partial charge is 0.481 e. The van der Waals surface area contributed by atoms with Gasteiger partial charge in [-0.3, -0.25) is 29.0 Å². The molecule has 0 saturated carbocycles. The lowest BCUT2D eigenvalue weighted by Gasteiger charge is -2.29. The van der Waals surface area contributed by atoms with Crippen LogP contribution in [-0.4, -0.2) is 56.5 Å². The molecule has 1 aliphatic carbocycles. The van der Waals surface area contributed by atoms with Crippen LogP contribution in [-0.2, 0) is 36.8 Å². The molecule has 0 fully saturated rings. The van der Waals surface area contributed by atoms with Gasteiger partial charge in [-0.05, 0) is 55.7 Å². The number of ether oxygens (including phenoxy) is 2. The smallest absolute Gasteiger partial charge is 0.265 e. The van der Waals surface area contributed by atoms with Gasteiger partial charge < -0.3 is 9.47 Å². The Labute approximate surface area is 261 Å². The molecule has 3 aliphatic rings. The number of carbonyl (C=O) groups is 4. The summed E-state index contributed by atoms with van der Waals surface area (Å²) in [5.41, 5.74) is 4.23. The van der Waals surface area contributed by atoms with E-state index >= 15 is 0 Å². The molecule has 0 N–H and O–H groups in total. The van der Waals surface area contributed by atoms with Gasteiger partial charge in [0.05, 0.1) is 23.6 Å². The number of imide groups is 1. The van der Waals surface area contributed by atoms with E-state index in [1.807, 2.05) is 18.2 Å². The molecule has 0 saturated heterocycles. The number of aryl methyl sites for hydroxylation is 2. The Balaban J connectivity index is 0.000000217. The summed E-state index contributed by atoms with van der Waals surface area (Å²) < 4.78 is 25.1. The highest BCUT2D eigenvalue weighted by molar-refractivity contribution is 6.33. The second-order valence-corrected chi connectivity index (χ2v) is 10.6. The lowest BCUT2D eigenvalue weighted by atomic mass is 9.93. The zero-order valence-corrected chi connectivity index (χ0v) is 25.8. The van der Waals surface area contributed by atoms with Crippen molar-refractivity contribution in [3.63, 3.8) is 0 Å². The normalized spacial score (nSPS) is 15.7. The molecular formula is C33H35ClFN3O6. The Morgan fingerprint density at radius 2 is 1.68 bits per heavy atom. The molecular weight excluding hydrogens is 589 g/mol. The van der Waals surface area contributed by atoms with E-state index in [1.165, 1.54) is 11.0 Å². The van der Waals surface area contributed by atoms with Gasteiger partial charge in [-0.2, -0.15) is 0 Å². The van der Waals surface area contributed by atoms with E-state index in [0.717, 1.165) is 53.5 Å². The van der Waals surface area contributed by atoms with Crippen molar-refractivity contribution in [3.8, 4) is 18.1 Å². The zero-order chi connectivity index (χ0) is 32.0. The molecule has 0 spiro atoms. The van der Waals surface area contributed by atoms with Crippen LogP contribution < -0.4 is 19.4 Å². The standard InChI is InChI=1S/C19H15FN2O4.C14H20ClNO2/c1-2-7-21-15-9-14(13(20)8-16(15)26-10-17(21)23)22-18(24)11-5-3-4-6-12(11)19(22)25;1-4-11-7-6-8-12(5-2)14(11)16(10-18-3)13(17)9-15/h1,8-9H,3-7,10H2;6-8H,4-5,9-10H2,1-3H3. The Morgan fingerprint density at radius 3 is 2.20 bits per heavy atom. The Morgan fingerprint density at radius 1 is 1.07 bits per heavy atom. The monoisotopic (exact) mass is 623 g/mol. The van der Waals surface area contributed by atoms with E-state index in [0.29, 0.717) is 24.0 Å². The van der Waals surface area contributed by atoms with Gasteiger partial charge >= 0.3 is 0 Å². The first-order valence-corrected chi connectivity index (χ1v) is 15.0. The van der Waals surface area contributed by atoms with Crippen molar-refractivity contribution in [2.45, 2.75) is 52.4 Å². The maximum atomic E-state index is 14.7. The molecule has 4 amide bonds.